The fraction of sp³-hybridized carbons (Fsp3) is 0.294. The van der Waals surface area contributed by atoms with E-state index in [0.717, 1.165) is 24.2 Å². The summed E-state index contributed by atoms with van der Waals surface area (Å²) in [5.74, 6) is 1.48. The lowest BCUT2D eigenvalue weighted by molar-refractivity contribution is -0.115. The number of imidazole rings is 1. The molecule has 8 nitrogen and oxygen atoms in total. The number of carbonyl (C=O) groups is 2. The maximum absolute atomic E-state index is 12.5. The van der Waals surface area contributed by atoms with E-state index in [1.165, 1.54) is 0 Å². The Morgan fingerprint density at radius 3 is 2.92 bits per heavy atom. The van der Waals surface area contributed by atoms with Crippen LogP contribution in [0.2, 0.25) is 0 Å². The number of aromatic nitrogens is 3. The molecule has 0 bridgehead atoms. The second kappa shape index (κ2) is 6.04. The second-order valence-corrected chi connectivity index (χ2v) is 6.10. The minimum Gasteiger partial charge on any atom is -0.360 e. The maximum Gasteiger partial charge on any atom is 0.272 e. The number of anilines is 1. The van der Waals surface area contributed by atoms with Crippen molar-refractivity contribution in [3.05, 3.63) is 47.7 Å². The molecule has 8 heteroatoms. The first-order valence-corrected chi connectivity index (χ1v) is 8.10. The van der Waals surface area contributed by atoms with Gasteiger partial charge in [0.1, 0.15) is 11.6 Å². The van der Waals surface area contributed by atoms with Crippen molar-refractivity contribution in [2.75, 3.05) is 11.9 Å². The minimum absolute atomic E-state index is 0.171. The normalized spacial score (nSPS) is 13.8. The van der Waals surface area contributed by atoms with E-state index in [4.69, 9.17) is 4.52 Å². The van der Waals surface area contributed by atoms with Gasteiger partial charge in [-0.2, -0.15) is 0 Å². The van der Waals surface area contributed by atoms with Crippen molar-refractivity contribution >= 4 is 23.1 Å². The molecule has 0 aromatic carbocycles. The lowest BCUT2D eigenvalue weighted by Crippen LogP contribution is -2.33. The largest absolute Gasteiger partial charge is 0.360 e. The van der Waals surface area contributed by atoms with Gasteiger partial charge in [-0.25, -0.2) is 4.98 Å². The van der Waals surface area contributed by atoms with Crippen LogP contribution >= 0.6 is 0 Å². The quantitative estimate of drug-likeness (QED) is 0.739. The number of rotatable bonds is 5. The Morgan fingerprint density at radius 2 is 2.20 bits per heavy atom. The van der Waals surface area contributed by atoms with E-state index in [-0.39, 0.29) is 18.4 Å². The predicted octanol–water partition coefficient (Wildman–Crippen LogP) is 1.88. The smallest absolute Gasteiger partial charge is 0.272 e. The molecule has 0 radical (unpaired) electrons. The summed E-state index contributed by atoms with van der Waals surface area (Å²) in [5.41, 5.74) is 1.09. The van der Waals surface area contributed by atoms with Crippen LogP contribution in [0.4, 0.5) is 5.82 Å². The van der Waals surface area contributed by atoms with E-state index >= 15 is 0 Å². The van der Waals surface area contributed by atoms with Gasteiger partial charge >= 0.3 is 0 Å². The van der Waals surface area contributed by atoms with Crippen molar-refractivity contribution in [2.45, 2.75) is 25.7 Å². The number of hydrogen-bond donors (Lipinski definition) is 2. The third kappa shape index (κ3) is 3.10. The highest BCUT2D eigenvalue weighted by atomic mass is 16.5. The van der Waals surface area contributed by atoms with Gasteiger partial charge in [0.25, 0.3) is 5.91 Å². The lowest BCUT2D eigenvalue weighted by atomic mass is 10.3. The number of aryl methyl sites for hydroxylation is 1. The van der Waals surface area contributed by atoms with Crippen molar-refractivity contribution in [3.8, 4) is 0 Å². The summed E-state index contributed by atoms with van der Waals surface area (Å²) in [6.45, 7) is 1.56. The predicted molar refractivity (Wildman–Crippen MR) is 89.4 cm³/mol. The molecule has 0 aliphatic heterocycles. The Bertz CT molecular complexity index is 954. The molecule has 0 saturated heterocycles. The summed E-state index contributed by atoms with van der Waals surface area (Å²) in [6, 6.07) is 7.23. The highest BCUT2D eigenvalue weighted by molar-refractivity contribution is 6.02. The minimum atomic E-state index is -0.382. The lowest BCUT2D eigenvalue weighted by Gasteiger charge is -2.03. The molecule has 2 amide bonds. The van der Waals surface area contributed by atoms with Gasteiger partial charge in [0.15, 0.2) is 11.5 Å². The molecule has 0 spiro atoms. The maximum atomic E-state index is 12.5. The first-order valence-electron chi connectivity index (χ1n) is 8.10. The monoisotopic (exact) mass is 339 g/mol. The second-order valence-electron chi connectivity index (χ2n) is 6.10. The first-order chi connectivity index (χ1) is 12.1. The Balaban J connectivity index is 1.46. The fourth-order valence-electron chi connectivity index (χ4n) is 2.71. The Morgan fingerprint density at radius 1 is 1.36 bits per heavy atom. The van der Waals surface area contributed by atoms with Gasteiger partial charge in [-0.15, -0.1) is 0 Å². The van der Waals surface area contributed by atoms with Gasteiger partial charge in [-0.3, -0.25) is 9.59 Å². The van der Waals surface area contributed by atoms with Crippen molar-refractivity contribution in [1.29, 1.82) is 0 Å². The van der Waals surface area contributed by atoms with Gasteiger partial charge < -0.3 is 19.6 Å². The van der Waals surface area contributed by atoms with Crippen LogP contribution in [0, 0.1) is 6.92 Å². The van der Waals surface area contributed by atoms with Crippen LogP contribution in [0.25, 0.3) is 5.52 Å². The molecule has 3 aromatic rings. The summed E-state index contributed by atoms with van der Waals surface area (Å²) in [4.78, 5) is 28.9. The highest BCUT2D eigenvalue weighted by Gasteiger charge is 2.30. The summed E-state index contributed by atoms with van der Waals surface area (Å²) < 4.78 is 6.82. The molecule has 3 aromatic heterocycles. The molecule has 2 N–H and O–H groups in total. The highest BCUT2D eigenvalue weighted by Crippen LogP contribution is 2.39. The first kappa shape index (κ1) is 15.4. The summed E-state index contributed by atoms with van der Waals surface area (Å²) in [7, 11) is 0. The van der Waals surface area contributed by atoms with Crippen LogP contribution in [0.15, 0.2) is 35.0 Å². The molecule has 4 rings (SSSR count). The van der Waals surface area contributed by atoms with Crippen LogP contribution in [0.5, 0.6) is 0 Å². The Hall–Kier alpha value is -3.16. The van der Waals surface area contributed by atoms with Crippen LogP contribution in [-0.2, 0) is 4.79 Å². The standard InChI is InChI=1S/C17H17N5O3/c1-10-8-13(21-25-10)19-14(23)9-18-17(24)15-12-4-2-3-7-22(12)16(20-15)11-5-6-11/h2-4,7-8,11H,5-6,9H2,1H3,(H,18,24)(H,19,21,23). The van der Waals surface area contributed by atoms with Gasteiger partial charge in [0.05, 0.1) is 12.1 Å². The van der Waals surface area contributed by atoms with Gasteiger partial charge in [0, 0.05) is 18.2 Å². The summed E-state index contributed by atoms with van der Waals surface area (Å²) in [6.07, 6.45) is 4.09. The Kier molecular flexibility index (Phi) is 3.72. The van der Waals surface area contributed by atoms with Crippen molar-refractivity contribution < 1.29 is 14.1 Å². The van der Waals surface area contributed by atoms with E-state index in [9.17, 15) is 9.59 Å². The number of nitrogens with one attached hydrogen (secondary N) is 2. The van der Waals surface area contributed by atoms with Crippen LogP contribution < -0.4 is 10.6 Å². The zero-order chi connectivity index (χ0) is 17.4. The van der Waals surface area contributed by atoms with Crippen LogP contribution in [0.1, 0.15) is 40.8 Å². The van der Waals surface area contributed by atoms with Gasteiger partial charge in [-0.05, 0) is 31.9 Å². The van der Waals surface area contributed by atoms with E-state index in [0.29, 0.717) is 23.2 Å². The number of amides is 2. The molecule has 1 aliphatic rings. The SMILES string of the molecule is Cc1cc(NC(=O)CNC(=O)c2nc(C3CC3)n3ccccc23)no1. The summed E-state index contributed by atoms with van der Waals surface area (Å²) in [5, 5.41) is 8.84. The molecular formula is C17H17N5O3. The zero-order valence-corrected chi connectivity index (χ0v) is 13.7. The third-order valence-corrected chi connectivity index (χ3v) is 4.04. The molecule has 1 aliphatic carbocycles. The van der Waals surface area contributed by atoms with Gasteiger partial charge in [0.2, 0.25) is 5.91 Å². The molecule has 25 heavy (non-hydrogen) atoms. The summed E-state index contributed by atoms with van der Waals surface area (Å²) >= 11 is 0. The number of pyridine rings is 1. The van der Waals surface area contributed by atoms with Crippen molar-refractivity contribution in [2.24, 2.45) is 0 Å². The average Bonchev–Trinajstić information content (AvgIpc) is 3.26. The van der Waals surface area contributed by atoms with Gasteiger partial charge in [-0.1, -0.05) is 11.2 Å². The number of hydrogen-bond acceptors (Lipinski definition) is 5. The van der Waals surface area contributed by atoms with E-state index in [2.05, 4.69) is 20.8 Å². The van der Waals surface area contributed by atoms with E-state index in [1.807, 2.05) is 28.8 Å². The molecule has 0 unspecified atom stereocenters. The van der Waals surface area contributed by atoms with E-state index < -0.39 is 0 Å². The molecule has 0 atom stereocenters. The fourth-order valence-corrected chi connectivity index (χ4v) is 2.71. The third-order valence-electron chi connectivity index (χ3n) is 4.04. The molecule has 1 fully saturated rings. The van der Waals surface area contributed by atoms with Crippen molar-refractivity contribution in [1.82, 2.24) is 19.9 Å². The molecular weight excluding hydrogens is 322 g/mol. The number of nitrogens with zero attached hydrogens (tertiary/aromatic N) is 3. The molecule has 128 valence electrons. The average molecular weight is 339 g/mol. The van der Waals surface area contributed by atoms with Crippen molar-refractivity contribution in [3.63, 3.8) is 0 Å². The topological polar surface area (TPSA) is 102 Å². The zero-order valence-electron chi connectivity index (χ0n) is 13.7. The molecule has 3 heterocycles. The van der Waals surface area contributed by atoms with E-state index in [1.54, 1.807) is 13.0 Å². The number of carbonyl (C=O) groups excluding carboxylic acids is 2. The Labute approximate surface area is 143 Å². The number of fused-ring (bicyclic) bond motifs is 1. The molecule has 1 saturated carbocycles. The van der Waals surface area contributed by atoms with Crippen LogP contribution in [-0.4, -0.2) is 32.9 Å². The van der Waals surface area contributed by atoms with Crippen LogP contribution in [0.3, 0.4) is 0 Å².